The lowest BCUT2D eigenvalue weighted by atomic mass is 10.1. The van der Waals surface area contributed by atoms with Crippen molar-refractivity contribution in [3.8, 4) is 5.75 Å². The third kappa shape index (κ3) is 3.90. The summed E-state index contributed by atoms with van der Waals surface area (Å²) in [6, 6.07) is 15.7. The van der Waals surface area contributed by atoms with Gasteiger partial charge >= 0.3 is 0 Å². The third-order valence-electron chi connectivity index (χ3n) is 4.08. The molecule has 1 amide bonds. The van der Waals surface area contributed by atoms with Gasteiger partial charge in [-0.15, -0.1) is 0 Å². The summed E-state index contributed by atoms with van der Waals surface area (Å²) in [5.74, 6) is 0.736. The van der Waals surface area contributed by atoms with Crippen molar-refractivity contribution in [1.29, 1.82) is 0 Å². The minimum Gasteiger partial charge on any atom is -0.489 e. The van der Waals surface area contributed by atoms with Crippen LogP contribution in [0.25, 0.3) is 0 Å². The van der Waals surface area contributed by atoms with Crippen LogP contribution < -0.4 is 10.5 Å². The van der Waals surface area contributed by atoms with Crippen LogP contribution >= 0.6 is 0 Å². The second kappa shape index (κ2) is 6.84. The Morgan fingerprint density at radius 2 is 2.09 bits per heavy atom. The van der Waals surface area contributed by atoms with Gasteiger partial charge in [-0.25, -0.2) is 0 Å². The molecule has 1 unspecified atom stereocenters. The Labute approximate surface area is 136 Å². The predicted molar refractivity (Wildman–Crippen MR) is 90.4 cm³/mol. The number of hydrogen-bond donors (Lipinski definition) is 1. The van der Waals surface area contributed by atoms with Gasteiger partial charge in [0.2, 0.25) is 0 Å². The van der Waals surface area contributed by atoms with E-state index in [-0.39, 0.29) is 11.9 Å². The lowest BCUT2D eigenvalue weighted by Gasteiger charge is -2.16. The fourth-order valence-corrected chi connectivity index (χ4v) is 2.84. The van der Waals surface area contributed by atoms with E-state index in [1.165, 1.54) is 5.56 Å². The average Bonchev–Trinajstić information content (AvgIpc) is 2.99. The molecule has 23 heavy (non-hydrogen) atoms. The van der Waals surface area contributed by atoms with Gasteiger partial charge in [-0.2, -0.15) is 0 Å². The molecule has 1 aliphatic rings. The van der Waals surface area contributed by atoms with E-state index < -0.39 is 0 Å². The summed E-state index contributed by atoms with van der Waals surface area (Å²) in [6.07, 6.45) is 0.870. The van der Waals surface area contributed by atoms with Gasteiger partial charge in [0.05, 0.1) is 0 Å². The summed E-state index contributed by atoms with van der Waals surface area (Å²) in [6.45, 7) is 3.92. The molecule has 0 bridgehead atoms. The van der Waals surface area contributed by atoms with Gasteiger partial charge in [-0.1, -0.05) is 35.9 Å². The number of carbonyl (C=O) groups is 1. The van der Waals surface area contributed by atoms with Gasteiger partial charge in [-0.3, -0.25) is 4.79 Å². The Kier molecular flexibility index (Phi) is 4.63. The fraction of sp³-hybridized carbons (Fsp3) is 0.316. The molecule has 4 nitrogen and oxygen atoms in total. The van der Waals surface area contributed by atoms with Crippen molar-refractivity contribution < 1.29 is 9.53 Å². The van der Waals surface area contributed by atoms with Gasteiger partial charge in [0.15, 0.2) is 0 Å². The summed E-state index contributed by atoms with van der Waals surface area (Å²) >= 11 is 0. The van der Waals surface area contributed by atoms with Crippen molar-refractivity contribution in [2.75, 3.05) is 13.1 Å². The van der Waals surface area contributed by atoms with Crippen LogP contribution in [-0.4, -0.2) is 29.9 Å². The number of ether oxygens (including phenoxy) is 1. The van der Waals surface area contributed by atoms with Crippen molar-refractivity contribution >= 4 is 5.91 Å². The number of benzene rings is 2. The molecule has 3 rings (SSSR count). The average molecular weight is 310 g/mol. The van der Waals surface area contributed by atoms with Crippen molar-refractivity contribution in [2.45, 2.75) is 26.0 Å². The molecule has 1 atom stereocenters. The van der Waals surface area contributed by atoms with Crippen molar-refractivity contribution in [3.63, 3.8) is 0 Å². The standard InChI is InChI=1S/C19H22N2O2/c1-14-4-2-5-15(10-14)13-23-18-7-3-6-16(11-18)19(22)21-9-8-17(20)12-21/h2-7,10-11,17H,8-9,12-13,20H2,1H3. The highest BCUT2D eigenvalue weighted by Crippen LogP contribution is 2.19. The number of carbonyl (C=O) groups excluding carboxylic acids is 1. The molecular formula is C19H22N2O2. The molecule has 120 valence electrons. The molecule has 0 saturated carbocycles. The van der Waals surface area contributed by atoms with E-state index in [9.17, 15) is 4.79 Å². The Balaban J connectivity index is 1.66. The van der Waals surface area contributed by atoms with E-state index in [1.54, 1.807) is 0 Å². The Morgan fingerprint density at radius 1 is 1.26 bits per heavy atom. The van der Waals surface area contributed by atoms with Crippen molar-refractivity contribution in [3.05, 3.63) is 65.2 Å². The number of likely N-dealkylation sites (tertiary alicyclic amines) is 1. The highest BCUT2D eigenvalue weighted by molar-refractivity contribution is 5.94. The smallest absolute Gasteiger partial charge is 0.254 e. The molecule has 2 aromatic rings. The van der Waals surface area contributed by atoms with E-state index in [0.29, 0.717) is 24.5 Å². The number of nitrogens with two attached hydrogens (primary N) is 1. The topological polar surface area (TPSA) is 55.6 Å². The highest BCUT2D eigenvalue weighted by Gasteiger charge is 2.24. The minimum atomic E-state index is 0.0268. The van der Waals surface area contributed by atoms with E-state index in [0.717, 1.165) is 18.5 Å². The maximum atomic E-state index is 12.5. The monoisotopic (exact) mass is 310 g/mol. The molecular weight excluding hydrogens is 288 g/mol. The molecule has 0 aliphatic carbocycles. The van der Waals surface area contributed by atoms with E-state index in [4.69, 9.17) is 10.5 Å². The largest absolute Gasteiger partial charge is 0.489 e. The maximum absolute atomic E-state index is 12.5. The maximum Gasteiger partial charge on any atom is 0.254 e. The molecule has 1 saturated heterocycles. The Hall–Kier alpha value is -2.33. The highest BCUT2D eigenvalue weighted by atomic mass is 16.5. The molecule has 0 aromatic heterocycles. The minimum absolute atomic E-state index is 0.0268. The van der Waals surface area contributed by atoms with Gasteiger partial charge in [0.1, 0.15) is 12.4 Å². The third-order valence-corrected chi connectivity index (χ3v) is 4.08. The normalized spacial score (nSPS) is 17.3. The summed E-state index contributed by atoms with van der Waals surface area (Å²) in [7, 11) is 0. The quantitative estimate of drug-likeness (QED) is 0.944. The van der Waals surface area contributed by atoms with Crippen LogP contribution in [-0.2, 0) is 6.61 Å². The van der Waals surface area contributed by atoms with Crippen LogP contribution in [0.1, 0.15) is 27.9 Å². The first kappa shape index (κ1) is 15.6. The van der Waals surface area contributed by atoms with Crippen LogP contribution in [0.3, 0.4) is 0 Å². The van der Waals surface area contributed by atoms with E-state index in [1.807, 2.05) is 41.3 Å². The first-order chi connectivity index (χ1) is 11.1. The summed E-state index contributed by atoms with van der Waals surface area (Å²) in [4.78, 5) is 14.3. The van der Waals surface area contributed by atoms with Crippen LogP contribution in [0.5, 0.6) is 5.75 Å². The summed E-state index contributed by atoms with van der Waals surface area (Å²) in [5, 5.41) is 0. The van der Waals surface area contributed by atoms with E-state index >= 15 is 0 Å². The first-order valence-corrected chi connectivity index (χ1v) is 7.95. The van der Waals surface area contributed by atoms with Crippen LogP contribution in [0, 0.1) is 6.92 Å². The zero-order chi connectivity index (χ0) is 16.2. The molecule has 0 spiro atoms. The lowest BCUT2D eigenvalue weighted by Crippen LogP contribution is -2.31. The van der Waals surface area contributed by atoms with Crippen LogP contribution in [0.2, 0.25) is 0 Å². The van der Waals surface area contributed by atoms with Crippen molar-refractivity contribution in [1.82, 2.24) is 4.90 Å². The molecule has 1 aliphatic heterocycles. The number of aryl methyl sites for hydroxylation is 1. The lowest BCUT2D eigenvalue weighted by molar-refractivity contribution is 0.0790. The van der Waals surface area contributed by atoms with Gasteiger partial charge in [-0.05, 0) is 37.1 Å². The number of rotatable bonds is 4. The molecule has 2 N–H and O–H groups in total. The Morgan fingerprint density at radius 3 is 2.83 bits per heavy atom. The van der Waals surface area contributed by atoms with E-state index in [2.05, 4.69) is 19.1 Å². The number of amides is 1. The van der Waals surface area contributed by atoms with Crippen LogP contribution in [0.15, 0.2) is 48.5 Å². The van der Waals surface area contributed by atoms with Gasteiger partial charge in [0, 0.05) is 24.7 Å². The number of nitrogens with zero attached hydrogens (tertiary/aromatic N) is 1. The predicted octanol–water partition coefficient (Wildman–Crippen LogP) is 2.75. The molecule has 0 radical (unpaired) electrons. The zero-order valence-electron chi connectivity index (χ0n) is 13.4. The molecule has 1 fully saturated rings. The van der Waals surface area contributed by atoms with Gasteiger partial charge < -0.3 is 15.4 Å². The number of hydrogen-bond acceptors (Lipinski definition) is 3. The summed E-state index contributed by atoms with van der Waals surface area (Å²) < 4.78 is 5.83. The zero-order valence-corrected chi connectivity index (χ0v) is 13.4. The Bertz CT molecular complexity index is 699. The molecule has 2 aromatic carbocycles. The van der Waals surface area contributed by atoms with Crippen LogP contribution in [0.4, 0.5) is 0 Å². The fourth-order valence-electron chi connectivity index (χ4n) is 2.84. The molecule has 4 heteroatoms. The summed E-state index contributed by atoms with van der Waals surface area (Å²) in [5.41, 5.74) is 8.86. The van der Waals surface area contributed by atoms with Crippen molar-refractivity contribution in [2.24, 2.45) is 5.73 Å². The second-order valence-corrected chi connectivity index (χ2v) is 6.11. The molecule has 1 heterocycles. The second-order valence-electron chi connectivity index (χ2n) is 6.11. The SMILES string of the molecule is Cc1cccc(COc2cccc(C(=O)N3CCC(N)C3)c2)c1. The van der Waals surface area contributed by atoms with Gasteiger partial charge in [0.25, 0.3) is 5.91 Å². The first-order valence-electron chi connectivity index (χ1n) is 7.95.